The fourth-order valence-electron chi connectivity index (χ4n) is 0.791. The number of ether oxygens (including phenoxy) is 1. The largest absolute Gasteiger partial charge is 0.478 e. The zero-order chi connectivity index (χ0) is 5.98. The van der Waals surface area contributed by atoms with Crippen molar-refractivity contribution in [3.05, 3.63) is 0 Å². The third-order valence-electron chi connectivity index (χ3n) is 1.24. The molecule has 0 bridgehead atoms. The summed E-state index contributed by atoms with van der Waals surface area (Å²) in [6, 6.07) is 0. The standard InChI is InChI=1S/C6H11NO/c1-5-3-4-7-6(2)8-5/h5H,3-4H2,1-2H3. The van der Waals surface area contributed by atoms with Gasteiger partial charge in [-0.1, -0.05) is 0 Å². The predicted octanol–water partition coefficient (Wildman–Crippen LogP) is 1.21. The SMILES string of the molecule is CC1=NCCC(C)O1. The Kier molecular flexibility index (Phi) is 1.51. The van der Waals surface area contributed by atoms with E-state index in [-0.39, 0.29) is 0 Å². The summed E-state index contributed by atoms with van der Waals surface area (Å²) in [5, 5.41) is 0. The molecule has 1 aliphatic rings. The highest BCUT2D eigenvalue weighted by Gasteiger charge is 2.07. The molecule has 0 N–H and O–H groups in total. The van der Waals surface area contributed by atoms with Crippen LogP contribution in [0.5, 0.6) is 0 Å². The fraction of sp³-hybridized carbons (Fsp3) is 0.833. The van der Waals surface area contributed by atoms with E-state index >= 15 is 0 Å². The van der Waals surface area contributed by atoms with Crippen LogP contribution in [0.15, 0.2) is 4.99 Å². The average molecular weight is 113 g/mol. The lowest BCUT2D eigenvalue weighted by Gasteiger charge is -2.17. The summed E-state index contributed by atoms with van der Waals surface area (Å²) in [5.74, 6) is 0.837. The van der Waals surface area contributed by atoms with Crippen molar-refractivity contribution in [2.45, 2.75) is 26.4 Å². The Labute approximate surface area is 49.6 Å². The topological polar surface area (TPSA) is 21.6 Å². The highest BCUT2D eigenvalue weighted by molar-refractivity contribution is 5.73. The minimum atomic E-state index is 0.382. The van der Waals surface area contributed by atoms with Gasteiger partial charge in [-0.2, -0.15) is 0 Å². The van der Waals surface area contributed by atoms with Gasteiger partial charge in [-0.25, -0.2) is 0 Å². The van der Waals surface area contributed by atoms with Gasteiger partial charge in [0, 0.05) is 19.9 Å². The van der Waals surface area contributed by atoms with Crippen molar-refractivity contribution in [3.63, 3.8) is 0 Å². The molecule has 0 radical (unpaired) electrons. The summed E-state index contributed by atoms with van der Waals surface area (Å²) >= 11 is 0. The van der Waals surface area contributed by atoms with E-state index in [1.54, 1.807) is 0 Å². The number of aliphatic imine (C=N–C) groups is 1. The van der Waals surface area contributed by atoms with Gasteiger partial charge < -0.3 is 4.74 Å². The lowest BCUT2D eigenvalue weighted by atomic mass is 10.3. The highest BCUT2D eigenvalue weighted by atomic mass is 16.5. The first-order chi connectivity index (χ1) is 3.79. The van der Waals surface area contributed by atoms with Gasteiger partial charge in [0.1, 0.15) is 0 Å². The molecule has 0 saturated heterocycles. The second-order valence-electron chi connectivity index (χ2n) is 2.12. The first kappa shape index (κ1) is 5.60. The highest BCUT2D eigenvalue weighted by Crippen LogP contribution is 2.04. The molecule has 0 amide bonds. The molecule has 8 heavy (non-hydrogen) atoms. The number of rotatable bonds is 0. The van der Waals surface area contributed by atoms with Gasteiger partial charge in [-0.05, 0) is 6.92 Å². The van der Waals surface area contributed by atoms with Crippen LogP contribution in [0.4, 0.5) is 0 Å². The maximum Gasteiger partial charge on any atom is 0.180 e. The average Bonchev–Trinajstić information content (AvgIpc) is 1.64. The van der Waals surface area contributed by atoms with Gasteiger partial charge in [-0.3, -0.25) is 4.99 Å². The smallest absolute Gasteiger partial charge is 0.180 e. The lowest BCUT2D eigenvalue weighted by Crippen LogP contribution is -2.18. The molecular weight excluding hydrogens is 102 g/mol. The Bertz CT molecular complexity index is 109. The third kappa shape index (κ3) is 1.22. The zero-order valence-corrected chi connectivity index (χ0v) is 5.35. The minimum Gasteiger partial charge on any atom is -0.478 e. The number of nitrogens with zero attached hydrogens (tertiary/aromatic N) is 1. The molecule has 1 rings (SSSR count). The number of hydrogen-bond donors (Lipinski definition) is 0. The van der Waals surface area contributed by atoms with Gasteiger partial charge >= 0.3 is 0 Å². The van der Waals surface area contributed by atoms with Crippen molar-refractivity contribution >= 4 is 5.90 Å². The van der Waals surface area contributed by atoms with Crippen LogP contribution in [0, 0.1) is 0 Å². The molecule has 2 nitrogen and oxygen atoms in total. The molecule has 0 aliphatic carbocycles. The van der Waals surface area contributed by atoms with E-state index in [1.165, 1.54) is 0 Å². The first-order valence-corrected chi connectivity index (χ1v) is 2.97. The molecule has 0 saturated carbocycles. The summed E-state index contributed by atoms with van der Waals surface area (Å²) in [7, 11) is 0. The minimum absolute atomic E-state index is 0.382. The summed E-state index contributed by atoms with van der Waals surface area (Å²) in [4.78, 5) is 4.07. The van der Waals surface area contributed by atoms with E-state index in [0.29, 0.717) is 6.10 Å². The first-order valence-electron chi connectivity index (χ1n) is 2.97. The predicted molar refractivity (Wildman–Crippen MR) is 33.1 cm³/mol. The van der Waals surface area contributed by atoms with Gasteiger partial charge in [0.15, 0.2) is 5.90 Å². The van der Waals surface area contributed by atoms with E-state index in [2.05, 4.69) is 11.9 Å². The van der Waals surface area contributed by atoms with Crippen molar-refractivity contribution in [2.24, 2.45) is 4.99 Å². The Morgan fingerprint density at radius 2 is 2.50 bits per heavy atom. The van der Waals surface area contributed by atoms with E-state index < -0.39 is 0 Å². The fourth-order valence-corrected chi connectivity index (χ4v) is 0.791. The molecule has 1 atom stereocenters. The van der Waals surface area contributed by atoms with Crippen molar-refractivity contribution < 1.29 is 4.74 Å². The summed E-state index contributed by atoms with van der Waals surface area (Å²) in [6.45, 7) is 4.90. The normalized spacial score (nSPS) is 28.8. The molecule has 1 aliphatic heterocycles. The molecule has 2 heteroatoms. The summed E-state index contributed by atoms with van der Waals surface area (Å²) in [5.41, 5.74) is 0. The number of hydrogen-bond acceptors (Lipinski definition) is 2. The van der Waals surface area contributed by atoms with E-state index in [9.17, 15) is 0 Å². The van der Waals surface area contributed by atoms with Gasteiger partial charge in [0.05, 0.1) is 6.10 Å². The van der Waals surface area contributed by atoms with Crippen LogP contribution < -0.4 is 0 Å². The quantitative estimate of drug-likeness (QED) is 0.462. The van der Waals surface area contributed by atoms with Gasteiger partial charge in [0.2, 0.25) is 0 Å². The van der Waals surface area contributed by atoms with Crippen LogP contribution in [0.3, 0.4) is 0 Å². The van der Waals surface area contributed by atoms with Crippen LogP contribution in [0.25, 0.3) is 0 Å². The van der Waals surface area contributed by atoms with Gasteiger partial charge in [0.25, 0.3) is 0 Å². The summed E-state index contributed by atoms with van der Waals surface area (Å²) < 4.78 is 5.24. The lowest BCUT2D eigenvalue weighted by molar-refractivity contribution is 0.183. The van der Waals surface area contributed by atoms with Crippen LogP contribution >= 0.6 is 0 Å². The Morgan fingerprint density at radius 3 is 2.88 bits per heavy atom. The zero-order valence-electron chi connectivity index (χ0n) is 5.35. The van der Waals surface area contributed by atoms with Crippen molar-refractivity contribution in [1.82, 2.24) is 0 Å². The molecule has 46 valence electrons. The molecule has 1 unspecified atom stereocenters. The van der Waals surface area contributed by atoms with Gasteiger partial charge in [-0.15, -0.1) is 0 Å². The summed E-state index contributed by atoms with van der Waals surface area (Å²) in [6.07, 6.45) is 1.45. The molecule has 0 spiro atoms. The molecule has 0 fully saturated rings. The van der Waals surface area contributed by atoms with Crippen LogP contribution in [0.1, 0.15) is 20.3 Å². The van der Waals surface area contributed by atoms with Crippen LogP contribution in [0.2, 0.25) is 0 Å². The van der Waals surface area contributed by atoms with E-state index in [1.807, 2.05) is 6.92 Å². The maximum atomic E-state index is 5.24. The van der Waals surface area contributed by atoms with E-state index in [0.717, 1.165) is 18.9 Å². The van der Waals surface area contributed by atoms with Crippen molar-refractivity contribution in [3.8, 4) is 0 Å². The molecule has 0 aromatic rings. The second kappa shape index (κ2) is 2.16. The monoisotopic (exact) mass is 113 g/mol. The van der Waals surface area contributed by atoms with Crippen LogP contribution in [-0.4, -0.2) is 18.5 Å². The Balaban J connectivity index is 2.45. The Hall–Kier alpha value is -0.530. The van der Waals surface area contributed by atoms with Crippen LogP contribution in [-0.2, 0) is 4.74 Å². The molecule has 0 aromatic heterocycles. The molecular formula is C6H11NO. The molecule has 0 aromatic carbocycles. The third-order valence-corrected chi connectivity index (χ3v) is 1.24. The van der Waals surface area contributed by atoms with E-state index in [4.69, 9.17) is 4.74 Å². The maximum absolute atomic E-state index is 5.24. The van der Waals surface area contributed by atoms with Crippen molar-refractivity contribution in [2.75, 3.05) is 6.54 Å². The van der Waals surface area contributed by atoms with Crippen molar-refractivity contribution in [1.29, 1.82) is 0 Å². The Morgan fingerprint density at radius 1 is 1.75 bits per heavy atom. The molecule has 1 heterocycles. The second-order valence-corrected chi connectivity index (χ2v) is 2.12.